The van der Waals surface area contributed by atoms with E-state index in [9.17, 15) is 9.59 Å². The Balaban J connectivity index is 1.94. The molecule has 0 aliphatic rings. The van der Waals surface area contributed by atoms with Crippen LogP contribution in [0.4, 0.5) is 11.4 Å². The quantitative estimate of drug-likeness (QED) is 0.728. The minimum absolute atomic E-state index is 0.116. The molecule has 6 nitrogen and oxygen atoms in total. The number of amides is 2. The highest BCUT2D eigenvalue weighted by Gasteiger charge is 2.09. The molecule has 0 aromatic heterocycles. The van der Waals surface area contributed by atoms with Crippen LogP contribution >= 0.6 is 0 Å². The number of carbonyl (C=O) groups excluding carboxylic acids is 2. The lowest BCUT2D eigenvalue weighted by molar-refractivity contribution is -0.118. The van der Waals surface area contributed by atoms with Crippen molar-refractivity contribution in [1.29, 1.82) is 0 Å². The molecule has 23 heavy (non-hydrogen) atoms. The van der Waals surface area contributed by atoms with E-state index in [-0.39, 0.29) is 31.4 Å². The first kappa shape index (κ1) is 16.5. The molecule has 0 saturated carbocycles. The molecule has 0 unspecified atom stereocenters. The van der Waals surface area contributed by atoms with Crippen molar-refractivity contribution in [2.24, 2.45) is 5.73 Å². The molecular weight excluding hydrogens is 294 g/mol. The minimum Gasteiger partial charge on any atom is -0.484 e. The van der Waals surface area contributed by atoms with E-state index in [4.69, 9.17) is 10.5 Å². The van der Waals surface area contributed by atoms with E-state index in [1.165, 1.54) is 0 Å². The van der Waals surface area contributed by atoms with Crippen LogP contribution < -0.4 is 21.1 Å². The zero-order chi connectivity index (χ0) is 16.5. The number of rotatable bonds is 7. The summed E-state index contributed by atoms with van der Waals surface area (Å²) in [5, 5.41) is 5.43. The van der Waals surface area contributed by atoms with E-state index >= 15 is 0 Å². The van der Waals surface area contributed by atoms with Crippen molar-refractivity contribution < 1.29 is 14.3 Å². The van der Waals surface area contributed by atoms with Gasteiger partial charge in [0.1, 0.15) is 5.75 Å². The number of anilines is 2. The Morgan fingerprint density at radius 3 is 2.04 bits per heavy atom. The Hall–Kier alpha value is -2.86. The second kappa shape index (κ2) is 8.55. The highest BCUT2D eigenvalue weighted by molar-refractivity contribution is 5.99. The Bertz CT molecular complexity index is 659. The number of benzene rings is 2. The topological polar surface area (TPSA) is 93.5 Å². The molecule has 120 valence electrons. The summed E-state index contributed by atoms with van der Waals surface area (Å²) in [5.41, 5.74) is 6.39. The van der Waals surface area contributed by atoms with Crippen LogP contribution in [0, 0.1) is 0 Å². The predicted octanol–water partition coefficient (Wildman–Crippen LogP) is 1.99. The van der Waals surface area contributed by atoms with Crippen LogP contribution in [0.3, 0.4) is 0 Å². The molecule has 2 aromatic rings. The van der Waals surface area contributed by atoms with Crippen molar-refractivity contribution in [3.63, 3.8) is 0 Å². The molecule has 0 radical (unpaired) electrons. The standard InChI is InChI=1S/C17H19N3O3/c18-11-10-16(21)19-14-8-4-5-9-15(14)20-17(22)12-23-13-6-2-1-3-7-13/h1-9H,10-12,18H2,(H,19,21)(H,20,22). The molecule has 0 aliphatic heterocycles. The second-order valence-electron chi connectivity index (χ2n) is 4.78. The van der Waals surface area contributed by atoms with E-state index < -0.39 is 0 Å². The van der Waals surface area contributed by atoms with Gasteiger partial charge in [0.15, 0.2) is 6.61 Å². The van der Waals surface area contributed by atoms with Gasteiger partial charge in [-0.2, -0.15) is 0 Å². The molecule has 2 aromatic carbocycles. The molecule has 2 amide bonds. The molecule has 0 bridgehead atoms. The Morgan fingerprint density at radius 1 is 0.870 bits per heavy atom. The monoisotopic (exact) mass is 313 g/mol. The van der Waals surface area contributed by atoms with Crippen LogP contribution in [0.1, 0.15) is 6.42 Å². The van der Waals surface area contributed by atoms with Crippen molar-refractivity contribution >= 4 is 23.2 Å². The van der Waals surface area contributed by atoms with E-state index in [0.29, 0.717) is 17.1 Å². The summed E-state index contributed by atoms with van der Waals surface area (Å²) < 4.78 is 5.38. The lowest BCUT2D eigenvalue weighted by atomic mass is 10.2. The summed E-state index contributed by atoms with van der Waals surface area (Å²) in [6.07, 6.45) is 0.222. The van der Waals surface area contributed by atoms with Crippen LogP contribution in [0.5, 0.6) is 5.75 Å². The van der Waals surface area contributed by atoms with E-state index in [1.807, 2.05) is 18.2 Å². The van der Waals surface area contributed by atoms with Crippen molar-refractivity contribution in [3.8, 4) is 5.75 Å². The number of para-hydroxylation sites is 3. The highest BCUT2D eigenvalue weighted by Crippen LogP contribution is 2.21. The van der Waals surface area contributed by atoms with Gasteiger partial charge in [-0.05, 0) is 24.3 Å². The summed E-state index contributed by atoms with van der Waals surface area (Å²) in [6.45, 7) is 0.153. The first-order valence-electron chi connectivity index (χ1n) is 7.25. The van der Waals surface area contributed by atoms with Gasteiger partial charge in [-0.25, -0.2) is 0 Å². The zero-order valence-corrected chi connectivity index (χ0v) is 12.6. The molecule has 0 atom stereocenters. The van der Waals surface area contributed by atoms with Gasteiger partial charge in [0.05, 0.1) is 11.4 Å². The number of carbonyl (C=O) groups is 2. The molecule has 0 heterocycles. The molecule has 4 N–H and O–H groups in total. The number of nitrogens with two attached hydrogens (primary N) is 1. The third-order valence-corrected chi connectivity index (χ3v) is 2.96. The van der Waals surface area contributed by atoms with Gasteiger partial charge in [-0.1, -0.05) is 30.3 Å². The fourth-order valence-corrected chi connectivity index (χ4v) is 1.90. The third-order valence-electron chi connectivity index (χ3n) is 2.96. The van der Waals surface area contributed by atoms with Gasteiger partial charge in [0.2, 0.25) is 5.91 Å². The van der Waals surface area contributed by atoms with Gasteiger partial charge in [0, 0.05) is 13.0 Å². The predicted molar refractivity (Wildman–Crippen MR) is 89.3 cm³/mol. The van der Waals surface area contributed by atoms with Crippen LogP contribution in [-0.2, 0) is 9.59 Å². The van der Waals surface area contributed by atoms with E-state index in [2.05, 4.69) is 10.6 Å². The SMILES string of the molecule is NCCC(=O)Nc1ccccc1NC(=O)COc1ccccc1. The van der Waals surface area contributed by atoms with Gasteiger partial charge in [-0.15, -0.1) is 0 Å². The lowest BCUT2D eigenvalue weighted by Crippen LogP contribution is -2.22. The highest BCUT2D eigenvalue weighted by atomic mass is 16.5. The molecule has 0 saturated heterocycles. The molecule has 0 aliphatic carbocycles. The Kier molecular flexibility index (Phi) is 6.14. The van der Waals surface area contributed by atoms with Crippen molar-refractivity contribution in [3.05, 3.63) is 54.6 Å². The van der Waals surface area contributed by atoms with E-state index in [1.54, 1.807) is 36.4 Å². The second-order valence-corrected chi connectivity index (χ2v) is 4.78. The Morgan fingerprint density at radius 2 is 1.43 bits per heavy atom. The number of hydrogen-bond donors (Lipinski definition) is 3. The maximum absolute atomic E-state index is 12.0. The summed E-state index contributed by atoms with van der Waals surface area (Å²) in [7, 11) is 0. The molecular formula is C17H19N3O3. The summed E-state index contributed by atoms with van der Waals surface area (Å²) in [4.78, 5) is 23.6. The molecule has 0 spiro atoms. The summed E-state index contributed by atoms with van der Waals surface area (Å²) in [6, 6.07) is 16.0. The van der Waals surface area contributed by atoms with Gasteiger partial charge in [0.25, 0.3) is 5.91 Å². The lowest BCUT2D eigenvalue weighted by Gasteiger charge is -2.12. The maximum Gasteiger partial charge on any atom is 0.262 e. The van der Waals surface area contributed by atoms with Crippen LogP contribution in [0.2, 0.25) is 0 Å². The van der Waals surface area contributed by atoms with Gasteiger partial charge in [-0.3, -0.25) is 9.59 Å². The maximum atomic E-state index is 12.0. The average Bonchev–Trinajstić information content (AvgIpc) is 2.56. The van der Waals surface area contributed by atoms with Crippen molar-refractivity contribution in [2.45, 2.75) is 6.42 Å². The third kappa shape index (κ3) is 5.44. The number of nitrogens with one attached hydrogen (secondary N) is 2. The zero-order valence-electron chi connectivity index (χ0n) is 12.6. The number of ether oxygens (including phenoxy) is 1. The smallest absolute Gasteiger partial charge is 0.262 e. The first-order valence-corrected chi connectivity index (χ1v) is 7.25. The average molecular weight is 313 g/mol. The van der Waals surface area contributed by atoms with Crippen LogP contribution in [0.15, 0.2) is 54.6 Å². The van der Waals surface area contributed by atoms with Gasteiger partial charge >= 0.3 is 0 Å². The van der Waals surface area contributed by atoms with Crippen molar-refractivity contribution in [2.75, 3.05) is 23.8 Å². The van der Waals surface area contributed by atoms with Crippen molar-refractivity contribution in [1.82, 2.24) is 0 Å². The van der Waals surface area contributed by atoms with E-state index in [0.717, 1.165) is 0 Å². The molecule has 6 heteroatoms. The summed E-state index contributed by atoms with van der Waals surface area (Å²) in [5.74, 6) is 0.108. The van der Waals surface area contributed by atoms with Crippen LogP contribution in [0.25, 0.3) is 0 Å². The largest absolute Gasteiger partial charge is 0.484 e. The van der Waals surface area contributed by atoms with Crippen LogP contribution in [-0.4, -0.2) is 25.0 Å². The molecule has 0 fully saturated rings. The fourth-order valence-electron chi connectivity index (χ4n) is 1.90. The fraction of sp³-hybridized carbons (Fsp3) is 0.176. The number of hydrogen-bond acceptors (Lipinski definition) is 4. The molecule has 2 rings (SSSR count). The summed E-state index contributed by atoms with van der Waals surface area (Å²) >= 11 is 0. The van der Waals surface area contributed by atoms with Gasteiger partial charge < -0.3 is 21.1 Å². The first-order chi connectivity index (χ1) is 11.2. The Labute approximate surface area is 134 Å². The normalized spacial score (nSPS) is 9.96. The minimum atomic E-state index is -0.311.